The average molecular weight is 211 g/mol. The lowest BCUT2D eigenvalue weighted by Gasteiger charge is -2.38. The predicted molar refractivity (Wildman–Crippen MR) is 63.0 cm³/mol. The van der Waals surface area contributed by atoms with Crippen LogP contribution in [0.2, 0.25) is 0 Å². The molecule has 2 heteroatoms. The lowest BCUT2D eigenvalue weighted by atomic mass is 9.75. The molecule has 88 valence electrons. The highest BCUT2D eigenvalue weighted by Crippen LogP contribution is 2.35. The molecule has 15 heavy (non-hydrogen) atoms. The third kappa shape index (κ3) is 3.46. The standard InChI is InChI=1S/C13H25NO/c1-13(2)7-3-4-12(10-13)14-11-5-8-15-9-6-11/h11-12,14H,3-10H2,1-2H3. The minimum Gasteiger partial charge on any atom is -0.381 e. The third-order valence-corrected chi connectivity index (χ3v) is 3.90. The first kappa shape index (κ1) is 11.4. The molecule has 0 aromatic carbocycles. The largest absolute Gasteiger partial charge is 0.381 e. The molecule has 1 aliphatic carbocycles. The van der Waals surface area contributed by atoms with Gasteiger partial charge in [0, 0.05) is 25.3 Å². The number of nitrogens with one attached hydrogen (secondary N) is 1. The Hall–Kier alpha value is -0.0800. The molecule has 0 spiro atoms. The Kier molecular flexibility index (Phi) is 3.68. The molecule has 0 radical (unpaired) electrons. The zero-order chi connectivity index (χ0) is 10.7. The Labute approximate surface area is 93.8 Å². The minimum absolute atomic E-state index is 0.557. The van der Waals surface area contributed by atoms with Gasteiger partial charge in [-0.3, -0.25) is 0 Å². The quantitative estimate of drug-likeness (QED) is 0.758. The van der Waals surface area contributed by atoms with Crippen LogP contribution < -0.4 is 5.32 Å². The molecule has 0 aromatic heterocycles. The van der Waals surface area contributed by atoms with Gasteiger partial charge in [0.15, 0.2) is 0 Å². The highest BCUT2D eigenvalue weighted by molar-refractivity contribution is 4.85. The van der Waals surface area contributed by atoms with Crippen molar-refractivity contribution < 1.29 is 4.74 Å². The topological polar surface area (TPSA) is 21.3 Å². The van der Waals surface area contributed by atoms with E-state index in [9.17, 15) is 0 Å². The van der Waals surface area contributed by atoms with E-state index in [1.54, 1.807) is 0 Å². The smallest absolute Gasteiger partial charge is 0.0480 e. The van der Waals surface area contributed by atoms with Gasteiger partial charge in [-0.2, -0.15) is 0 Å². The second kappa shape index (κ2) is 4.84. The molecule has 1 N–H and O–H groups in total. The Morgan fingerprint density at radius 1 is 1.07 bits per heavy atom. The summed E-state index contributed by atoms with van der Waals surface area (Å²) < 4.78 is 5.39. The van der Waals surface area contributed by atoms with Crippen LogP contribution in [0.5, 0.6) is 0 Å². The lowest BCUT2D eigenvalue weighted by Crippen LogP contribution is -2.45. The van der Waals surface area contributed by atoms with Crippen molar-refractivity contribution in [1.82, 2.24) is 5.32 Å². The SMILES string of the molecule is CC1(C)CCCC(NC2CCOCC2)C1. The van der Waals surface area contributed by atoms with Crippen LogP contribution in [0.1, 0.15) is 52.4 Å². The van der Waals surface area contributed by atoms with Crippen molar-refractivity contribution in [3.8, 4) is 0 Å². The predicted octanol–water partition coefficient (Wildman–Crippen LogP) is 2.72. The van der Waals surface area contributed by atoms with E-state index in [0.717, 1.165) is 25.3 Å². The van der Waals surface area contributed by atoms with Gasteiger partial charge in [-0.15, -0.1) is 0 Å². The summed E-state index contributed by atoms with van der Waals surface area (Å²) in [4.78, 5) is 0. The first-order chi connectivity index (χ1) is 7.16. The Morgan fingerprint density at radius 3 is 2.47 bits per heavy atom. The number of ether oxygens (including phenoxy) is 1. The second-order valence-electron chi connectivity index (χ2n) is 6.01. The number of rotatable bonds is 2. The van der Waals surface area contributed by atoms with Gasteiger partial charge in [-0.1, -0.05) is 20.3 Å². The van der Waals surface area contributed by atoms with Gasteiger partial charge in [0.25, 0.3) is 0 Å². The van der Waals surface area contributed by atoms with E-state index in [1.807, 2.05) is 0 Å². The van der Waals surface area contributed by atoms with Crippen LogP contribution >= 0.6 is 0 Å². The van der Waals surface area contributed by atoms with Crippen molar-refractivity contribution in [3.63, 3.8) is 0 Å². The van der Waals surface area contributed by atoms with E-state index < -0.39 is 0 Å². The molecular formula is C13H25NO. The fourth-order valence-electron chi connectivity index (χ4n) is 3.04. The van der Waals surface area contributed by atoms with Gasteiger partial charge in [-0.05, 0) is 37.5 Å². The molecule has 1 unspecified atom stereocenters. The summed E-state index contributed by atoms with van der Waals surface area (Å²) in [7, 11) is 0. The van der Waals surface area contributed by atoms with E-state index >= 15 is 0 Å². The van der Waals surface area contributed by atoms with Gasteiger partial charge in [0.1, 0.15) is 0 Å². The monoisotopic (exact) mass is 211 g/mol. The fourth-order valence-corrected chi connectivity index (χ4v) is 3.04. The Bertz CT molecular complexity index is 197. The number of hydrogen-bond donors (Lipinski definition) is 1. The molecule has 0 aromatic rings. The van der Waals surface area contributed by atoms with Crippen molar-refractivity contribution in [2.24, 2.45) is 5.41 Å². The third-order valence-electron chi connectivity index (χ3n) is 3.90. The molecule has 0 amide bonds. The first-order valence-electron chi connectivity index (χ1n) is 6.49. The molecule has 2 rings (SSSR count). The number of hydrogen-bond acceptors (Lipinski definition) is 2. The normalized spacial score (nSPS) is 32.8. The van der Waals surface area contributed by atoms with Crippen molar-refractivity contribution in [2.45, 2.75) is 64.5 Å². The highest BCUT2D eigenvalue weighted by Gasteiger charge is 2.29. The van der Waals surface area contributed by atoms with E-state index in [1.165, 1.54) is 38.5 Å². The highest BCUT2D eigenvalue weighted by atomic mass is 16.5. The van der Waals surface area contributed by atoms with Crippen molar-refractivity contribution >= 4 is 0 Å². The van der Waals surface area contributed by atoms with E-state index in [2.05, 4.69) is 19.2 Å². The van der Waals surface area contributed by atoms with E-state index in [-0.39, 0.29) is 0 Å². The van der Waals surface area contributed by atoms with E-state index in [4.69, 9.17) is 4.74 Å². The Balaban J connectivity index is 1.78. The maximum Gasteiger partial charge on any atom is 0.0480 e. The maximum atomic E-state index is 5.39. The van der Waals surface area contributed by atoms with Crippen LogP contribution in [0.3, 0.4) is 0 Å². The van der Waals surface area contributed by atoms with Crippen molar-refractivity contribution in [1.29, 1.82) is 0 Å². The summed E-state index contributed by atoms with van der Waals surface area (Å²) in [5.74, 6) is 0. The van der Waals surface area contributed by atoms with Crippen LogP contribution in [-0.2, 0) is 4.74 Å². The van der Waals surface area contributed by atoms with Gasteiger partial charge >= 0.3 is 0 Å². The van der Waals surface area contributed by atoms with Crippen LogP contribution in [-0.4, -0.2) is 25.3 Å². The van der Waals surface area contributed by atoms with Crippen LogP contribution in [0.15, 0.2) is 0 Å². The molecule has 1 saturated heterocycles. The molecule has 1 heterocycles. The summed E-state index contributed by atoms with van der Waals surface area (Å²) in [6.07, 6.45) is 7.94. The zero-order valence-corrected chi connectivity index (χ0v) is 10.2. The second-order valence-corrected chi connectivity index (χ2v) is 6.01. The molecule has 2 fully saturated rings. The Morgan fingerprint density at radius 2 is 1.80 bits per heavy atom. The molecule has 2 nitrogen and oxygen atoms in total. The zero-order valence-electron chi connectivity index (χ0n) is 10.2. The molecule has 1 atom stereocenters. The average Bonchev–Trinajstić information content (AvgIpc) is 2.17. The van der Waals surface area contributed by atoms with E-state index in [0.29, 0.717) is 5.41 Å². The molecule has 0 bridgehead atoms. The summed E-state index contributed by atoms with van der Waals surface area (Å²) in [6, 6.07) is 1.48. The van der Waals surface area contributed by atoms with Gasteiger partial charge < -0.3 is 10.1 Å². The van der Waals surface area contributed by atoms with Crippen molar-refractivity contribution in [3.05, 3.63) is 0 Å². The van der Waals surface area contributed by atoms with Gasteiger partial charge in [0.2, 0.25) is 0 Å². The summed E-state index contributed by atoms with van der Waals surface area (Å²) in [5.41, 5.74) is 0.557. The first-order valence-corrected chi connectivity index (χ1v) is 6.49. The van der Waals surface area contributed by atoms with Gasteiger partial charge in [0.05, 0.1) is 0 Å². The summed E-state index contributed by atoms with van der Waals surface area (Å²) in [5, 5.41) is 3.83. The van der Waals surface area contributed by atoms with Crippen LogP contribution in [0.25, 0.3) is 0 Å². The lowest BCUT2D eigenvalue weighted by molar-refractivity contribution is 0.0690. The summed E-state index contributed by atoms with van der Waals surface area (Å²) >= 11 is 0. The molecular weight excluding hydrogens is 186 g/mol. The minimum atomic E-state index is 0.557. The molecule has 1 saturated carbocycles. The maximum absolute atomic E-state index is 5.39. The fraction of sp³-hybridized carbons (Fsp3) is 1.00. The van der Waals surface area contributed by atoms with Gasteiger partial charge in [-0.25, -0.2) is 0 Å². The molecule has 2 aliphatic rings. The van der Waals surface area contributed by atoms with Crippen LogP contribution in [0, 0.1) is 5.41 Å². The summed E-state index contributed by atoms with van der Waals surface area (Å²) in [6.45, 7) is 6.72. The van der Waals surface area contributed by atoms with Crippen LogP contribution in [0.4, 0.5) is 0 Å². The van der Waals surface area contributed by atoms with Crippen molar-refractivity contribution in [2.75, 3.05) is 13.2 Å². The molecule has 1 aliphatic heterocycles.